The van der Waals surface area contributed by atoms with Gasteiger partial charge in [0.25, 0.3) is 5.91 Å². The van der Waals surface area contributed by atoms with Crippen LogP contribution in [0.25, 0.3) is 0 Å². The molecule has 0 aliphatic carbocycles. The summed E-state index contributed by atoms with van der Waals surface area (Å²) >= 11 is 0. The molecule has 3 rings (SSSR count). The van der Waals surface area contributed by atoms with Gasteiger partial charge in [0, 0.05) is 18.7 Å². The topological polar surface area (TPSA) is 54.7 Å². The number of benzene rings is 1. The molecule has 5 nitrogen and oxygen atoms in total. The highest BCUT2D eigenvalue weighted by atomic mass is 16.5. The van der Waals surface area contributed by atoms with E-state index in [0.29, 0.717) is 24.7 Å². The second-order valence-corrected chi connectivity index (χ2v) is 7.77. The molecule has 5 heteroatoms. The minimum absolute atomic E-state index is 0.128. The molecule has 1 aromatic heterocycles. The van der Waals surface area contributed by atoms with Gasteiger partial charge >= 0.3 is 0 Å². The number of nitrogens with zero attached hydrogens (tertiary/aromatic N) is 1. The van der Waals surface area contributed by atoms with Gasteiger partial charge < -0.3 is 19.4 Å². The van der Waals surface area contributed by atoms with E-state index in [9.17, 15) is 4.79 Å². The molecule has 0 unspecified atom stereocenters. The van der Waals surface area contributed by atoms with Crippen LogP contribution in [0.15, 0.2) is 34.7 Å². The summed E-state index contributed by atoms with van der Waals surface area (Å²) in [6.45, 7) is 9.23. The van der Waals surface area contributed by atoms with E-state index in [1.54, 1.807) is 6.07 Å². The van der Waals surface area contributed by atoms with Crippen LogP contribution >= 0.6 is 0 Å². The van der Waals surface area contributed by atoms with Crippen LogP contribution < -0.4 is 10.1 Å². The van der Waals surface area contributed by atoms with Crippen LogP contribution in [0, 0.1) is 19.3 Å². The number of furan rings is 1. The predicted octanol–water partition coefficient (Wildman–Crippen LogP) is 3.55. The molecule has 1 N–H and O–H groups in total. The molecule has 2 aromatic rings. The van der Waals surface area contributed by atoms with Gasteiger partial charge in [-0.05, 0) is 57.5 Å². The number of rotatable bonds is 6. The highest BCUT2D eigenvalue weighted by Gasteiger charge is 2.32. The van der Waals surface area contributed by atoms with Crippen molar-refractivity contribution in [2.75, 3.05) is 26.7 Å². The van der Waals surface area contributed by atoms with E-state index in [0.717, 1.165) is 30.8 Å². The third-order valence-electron chi connectivity index (χ3n) is 5.08. The lowest BCUT2D eigenvalue weighted by molar-refractivity contribution is 0.0905. The lowest BCUT2D eigenvalue weighted by Crippen LogP contribution is -2.37. The van der Waals surface area contributed by atoms with E-state index in [-0.39, 0.29) is 11.3 Å². The number of ether oxygens (including phenoxy) is 1. The number of amides is 1. The van der Waals surface area contributed by atoms with E-state index in [2.05, 4.69) is 24.2 Å². The van der Waals surface area contributed by atoms with Crippen molar-refractivity contribution in [1.82, 2.24) is 10.2 Å². The average molecular weight is 356 g/mol. The van der Waals surface area contributed by atoms with Crippen molar-refractivity contribution in [3.63, 3.8) is 0 Å². The SMILES string of the molecule is Cc1ccc(OCc2cc(C(=O)NC[C@@]3(C)CCN(C)C3)oc2C)cc1. The summed E-state index contributed by atoms with van der Waals surface area (Å²) in [7, 11) is 2.11. The fourth-order valence-corrected chi connectivity index (χ4v) is 3.37. The van der Waals surface area contributed by atoms with Gasteiger partial charge in [-0.1, -0.05) is 24.6 Å². The first-order chi connectivity index (χ1) is 12.3. The Morgan fingerprint density at radius 3 is 2.69 bits per heavy atom. The van der Waals surface area contributed by atoms with Gasteiger partial charge in [0.2, 0.25) is 0 Å². The zero-order valence-electron chi connectivity index (χ0n) is 16.1. The van der Waals surface area contributed by atoms with Crippen LogP contribution in [-0.4, -0.2) is 37.5 Å². The maximum Gasteiger partial charge on any atom is 0.287 e. The summed E-state index contributed by atoms with van der Waals surface area (Å²) in [4.78, 5) is 14.7. The molecule has 1 amide bonds. The van der Waals surface area contributed by atoms with Crippen LogP contribution in [0.2, 0.25) is 0 Å². The van der Waals surface area contributed by atoms with Crippen molar-refractivity contribution >= 4 is 5.91 Å². The van der Waals surface area contributed by atoms with E-state index in [4.69, 9.17) is 9.15 Å². The number of carbonyl (C=O) groups excluding carboxylic acids is 1. The summed E-state index contributed by atoms with van der Waals surface area (Å²) in [5.41, 5.74) is 2.21. The van der Waals surface area contributed by atoms with Crippen LogP contribution in [0.3, 0.4) is 0 Å². The highest BCUT2D eigenvalue weighted by molar-refractivity contribution is 5.91. The quantitative estimate of drug-likeness (QED) is 0.860. The number of aryl methyl sites for hydroxylation is 2. The largest absolute Gasteiger partial charge is 0.489 e. The number of carbonyl (C=O) groups is 1. The van der Waals surface area contributed by atoms with Gasteiger partial charge in [0.15, 0.2) is 5.76 Å². The molecule has 140 valence electrons. The Hall–Kier alpha value is -2.27. The molecule has 0 radical (unpaired) electrons. The Bertz CT molecular complexity index is 766. The summed E-state index contributed by atoms with van der Waals surface area (Å²) < 4.78 is 11.4. The molecule has 1 fully saturated rings. The molecule has 0 spiro atoms. The fraction of sp³-hybridized carbons (Fsp3) is 0.476. The zero-order chi connectivity index (χ0) is 18.7. The zero-order valence-corrected chi connectivity index (χ0v) is 16.1. The van der Waals surface area contributed by atoms with Crippen LogP contribution in [-0.2, 0) is 6.61 Å². The molecule has 0 saturated carbocycles. The van der Waals surface area contributed by atoms with Crippen molar-refractivity contribution in [2.24, 2.45) is 5.41 Å². The molecule has 1 aromatic carbocycles. The van der Waals surface area contributed by atoms with Crippen molar-refractivity contribution in [1.29, 1.82) is 0 Å². The Balaban J connectivity index is 1.56. The minimum atomic E-state index is -0.162. The second-order valence-electron chi connectivity index (χ2n) is 7.77. The number of hydrogen-bond acceptors (Lipinski definition) is 4. The second kappa shape index (κ2) is 7.54. The molecule has 1 saturated heterocycles. The van der Waals surface area contributed by atoms with Gasteiger partial charge in [-0.25, -0.2) is 0 Å². The molecular weight excluding hydrogens is 328 g/mol. The summed E-state index contributed by atoms with van der Waals surface area (Å²) in [6, 6.07) is 9.69. The number of likely N-dealkylation sites (tertiary alicyclic amines) is 1. The Kier molecular flexibility index (Phi) is 5.37. The normalized spacial score (nSPS) is 20.3. The maximum absolute atomic E-state index is 12.4. The van der Waals surface area contributed by atoms with E-state index in [1.807, 2.05) is 38.1 Å². The molecule has 2 heterocycles. The van der Waals surface area contributed by atoms with Gasteiger partial charge in [-0.2, -0.15) is 0 Å². The molecule has 1 aliphatic rings. The average Bonchev–Trinajstić information content (AvgIpc) is 3.15. The minimum Gasteiger partial charge on any atom is -0.489 e. The first-order valence-corrected chi connectivity index (χ1v) is 9.10. The first kappa shape index (κ1) is 18.5. The summed E-state index contributed by atoms with van der Waals surface area (Å²) in [6.07, 6.45) is 1.09. The van der Waals surface area contributed by atoms with E-state index in [1.165, 1.54) is 5.56 Å². The molecule has 0 bridgehead atoms. The molecule has 1 atom stereocenters. The van der Waals surface area contributed by atoms with Crippen molar-refractivity contribution < 1.29 is 13.9 Å². The third kappa shape index (κ3) is 4.47. The van der Waals surface area contributed by atoms with Gasteiger partial charge in [-0.3, -0.25) is 4.79 Å². The van der Waals surface area contributed by atoms with E-state index >= 15 is 0 Å². The van der Waals surface area contributed by atoms with Crippen molar-refractivity contribution in [3.8, 4) is 5.75 Å². The van der Waals surface area contributed by atoms with E-state index < -0.39 is 0 Å². The van der Waals surface area contributed by atoms with Crippen LogP contribution in [0.5, 0.6) is 5.75 Å². The fourth-order valence-electron chi connectivity index (χ4n) is 3.37. The van der Waals surface area contributed by atoms with Crippen molar-refractivity contribution in [2.45, 2.75) is 33.8 Å². The Labute approximate surface area is 155 Å². The van der Waals surface area contributed by atoms with Gasteiger partial charge in [0.05, 0.1) is 0 Å². The van der Waals surface area contributed by atoms with Crippen LogP contribution in [0.1, 0.15) is 40.8 Å². The third-order valence-corrected chi connectivity index (χ3v) is 5.08. The first-order valence-electron chi connectivity index (χ1n) is 9.10. The maximum atomic E-state index is 12.4. The van der Waals surface area contributed by atoms with Gasteiger partial charge in [0.1, 0.15) is 18.1 Å². The monoisotopic (exact) mass is 356 g/mol. The Morgan fingerprint density at radius 2 is 2.04 bits per heavy atom. The molecule has 1 aliphatic heterocycles. The standard InChI is InChI=1S/C21H28N2O3/c1-15-5-7-18(8-6-15)25-12-17-11-19(26-16(17)2)20(24)22-13-21(3)9-10-23(4)14-21/h5-8,11H,9-10,12-14H2,1-4H3,(H,22,24)/t21-/m1/s1. The van der Waals surface area contributed by atoms with Gasteiger partial charge in [-0.15, -0.1) is 0 Å². The summed E-state index contributed by atoms with van der Waals surface area (Å²) in [5, 5.41) is 3.02. The van der Waals surface area contributed by atoms with Crippen LogP contribution in [0.4, 0.5) is 0 Å². The summed E-state index contributed by atoms with van der Waals surface area (Å²) in [5.74, 6) is 1.71. The number of hydrogen-bond donors (Lipinski definition) is 1. The predicted molar refractivity (Wildman–Crippen MR) is 102 cm³/mol. The Morgan fingerprint density at radius 1 is 1.31 bits per heavy atom. The molecular formula is C21H28N2O3. The smallest absolute Gasteiger partial charge is 0.287 e. The lowest BCUT2D eigenvalue weighted by atomic mass is 9.90. The number of nitrogens with one attached hydrogen (secondary N) is 1. The molecule has 26 heavy (non-hydrogen) atoms. The lowest BCUT2D eigenvalue weighted by Gasteiger charge is -2.23. The highest BCUT2D eigenvalue weighted by Crippen LogP contribution is 2.28. The van der Waals surface area contributed by atoms with Crippen molar-refractivity contribution in [3.05, 3.63) is 53.0 Å².